The average Bonchev–Trinajstić information content (AvgIpc) is 3.02. The maximum atomic E-state index is 5.36. The third-order valence-corrected chi connectivity index (χ3v) is 3.39. The minimum atomic E-state index is 0.687. The molecule has 0 spiro atoms. The summed E-state index contributed by atoms with van der Waals surface area (Å²) >= 11 is 5.36. The van der Waals surface area contributed by atoms with Crippen molar-refractivity contribution in [3.05, 3.63) is 0 Å². The fourth-order valence-electron chi connectivity index (χ4n) is 1.76. The van der Waals surface area contributed by atoms with E-state index in [0.29, 0.717) is 6.04 Å². The Morgan fingerprint density at radius 1 is 1.29 bits per heavy atom. The van der Waals surface area contributed by atoms with Gasteiger partial charge in [-0.3, -0.25) is 0 Å². The van der Waals surface area contributed by atoms with Gasteiger partial charge in [-0.2, -0.15) is 0 Å². The standard InChI is InChI=1S/C10H19N3S/c1-2-12-5-7-13(8-6-12)10(14)11-9-3-4-9/h9H,2-8H2,1H3,(H,11,14). The van der Waals surface area contributed by atoms with E-state index in [1.807, 2.05) is 0 Å². The van der Waals surface area contributed by atoms with Crippen LogP contribution in [0.25, 0.3) is 0 Å². The van der Waals surface area contributed by atoms with Crippen molar-refractivity contribution in [3.63, 3.8) is 0 Å². The highest BCUT2D eigenvalue weighted by molar-refractivity contribution is 7.80. The number of piperazine rings is 1. The van der Waals surface area contributed by atoms with Crippen molar-refractivity contribution in [2.45, 2.75) is 25.8 Å². The molecule has 0 bridgehead atoms. The van der Waals surface area contributed by atoms with Crippen LogP contribution in [-0.4, -0.2) is 53.7 Å². The molecule has 0 aromatic carbocycles. The first-order valence-electron chi connectivity index (χ1n) is 5.57. The molecule has 2 fully saturated rings. The molecule has 2 aliphatic rings. The fourth-order valence-corrected chi connectivity index (χ4v) is 2.11. The van der Waals surface area contributed by atoms with Gasteiger partial charge in [-0.25, -0.2) is 0 Å². The lowest BCUT2D eigenvalue weighted by Gasteiger charge is -2.35. The zero-order valence-corrected chi connectivity index (χ0v) is 9.65. The lowest BCUT2D eigenvalue weighted by molar-refractivity contribution is 0.189. The summed E-state index contributed by atoms with van der Waals surface area (Å²) in [6.45, 7) is 7.87. The topological polar surface area (TPSA) is 18.5 Å². The Balaban J connectivity index is 1.73. The van der Waals surface area contributed by atoms with E-state index in [-0.39, 0.29) is 0 Å². The summed E-state index contributed by atoms with van der Waals surface area (Å²) in [6.07, 6.45) is 2.60. The number of hydrogen-bond donors (Lipinski definition) is 1. The second-order valence-electron chi connectivity index (χ2n) is 4.15. The Hall–Kier alpha value is -0.350. The van der Waals surface area contributed by atoms with Gasteiger partial charge >= 0.3 is 0 Å². The Morgan fingerprint density at radius 2 is 1.93 bits per heavy atom. The van der Waals surface area contributed by atoms with Gasteiger partial charge in [0.2, 0.25) is 0 Å². The number of thiocarbonyl (C=S) groups is 1. The summed E-state index contributed by atoms with van der Waals surface area (Å²) in [5.74, 6) is 0. The van der Waals surface area contributed by atoms with E-state index in [1.165, 1.54) is 12.8 Å². The van der Waals surface area contributed by atoms with Crippen LogP contribution in [0.4, 0.5) is 0 Å². The van der Waals surface area contributed by atoms with E-state index in [2.05, 4.69) is 22.0 Å². The van der Waals surface area contributed by atoms with Crippen molar-refractivity contribution in [3.8, 4) is 0 Å². The second-order valence-corrected chi connectivity index (χ2v) is 4.53. The molecule has 1 saturated heterocycles. The summed E-state index contributed by atoms with van der Waals surface area (Å²) in [6, 6.07) is 0.687. The van der Waals surface area contributed by atoms with E-state index in [0.717, 1.165) is 37.8 Å². The molecule has 1 heterocycles. The predicted molar refractivity (Wildman–Crippen MR) is 62.4 cm³/mol. The van der Waals surface area contributed by atoms with E-state index < -0.39 is 0 Å². The maximum absolute atomic E-state index is 5.36. The number of likely N-dealkylation sites (N-methyl/N-ethyl adjacent to an activating group) is 1. The Bertz CT molecular complexity index is 207. The predicted octanol–water partition coefficient (Wildman–Crippen LogP) is 0.661. The third-order valence-electron chi connectivity index (χ3n) is 3.01. The molecule has 2 rings (SSSR count). The molecule has 0 radical (unpaired) electrons. The van der Waals surface area contributed by atoms with Crippen molar-refractivity contribution in [1.82, 2.24) is 15.1 Å². The average molecular weight is 213 g/mol. The number of rotatable bonds is 2. The van der Waals surface area contributed by atoms with Crippen molar-refractivity contribution in [2.75, 3.05) is 32.7 Å². The Labute approximate surface area is 91.4 Å². The minimum Gasteiger partial charge on any atom is -0.360 e. The summed E-state index contributed by atoms with van der Waals surface area (Å²) in [7, 11) is 0. The number of nitrogens with zero attached hydrogens (tertiary/aromatic N) is 2. The van der Waals surface area contributed by atoms with Crippen molar-refractivity contribution in [1.29, 1.82) is 0 Å². The van der Waals surface area contributed by atoms with Crippen molar-refractivity contribution < 1.29 is 0 Å². The van der Waals surface area contributed by atoms with Gasteiger partial charge in [0.25, 0.3) is 0 Å². The van der Waals surface area contributed by atoms with Gasteiger partial charge in [0.15, 0.2) is 5.11 Å². The molecule has 3 nitrogen and oxygen atoms in total. The quantitative estimate of drug-likeness (QED) is 0.679. The van der Waals surface area contributed by atoms with E-state index in [1.54, 1.807) is 0 Å². The van der Waals surface area contributed by atoms with Gasteiger partial charge in [0.1, 0.15) is 0 Å². The first-order valence-corrected chi connectivity index (χ1v) is 5.98. The molecule has 0 atom stereocenters. The zero-order valence-electron chi connectivity index (χ0n) is 8.83. The molecule has 1 N–H and O–H groups in total. The van der Waals surface area contributed by atoms with Gasteiger partial charge in [-0.1, -0.05) is 6.92 Å². The molecule has 0 unspecified atom stereocenters. The van der Waals surface area contributed by atoms with Crippen LogP contribution >= 0.6 is 12.2 Å². The van der Waals surface area contributed by atoms with E-state index in [9.17, 15) is 0 Å². The first kappa shape index (κ1) is 10.2. The van der Waals surface area contributed by atoms with Gasteiger partial charge in [-0.05, 0) is 31.6 Å². The molecular formula is C10H19N3S. The summed E-state index contributed by atoms with van der Waals surface area (Å²) < 4.78 is 0. The van der Waals surface area contributed by atoms with Crippen LogP contribution in [0.15, 0.2) is 0 Å². The van der Waals surface area contributed by atoms with Gasteiger partial charge in [-0.15, -0.1) is 0 Å². The van der Waals surface area contributed by atoms with Crippen LogP contribution in [0.2, 0.25) is 0 Å². The molecule has 1 aliphatic carbocycles. The van der Waals surface area contributed by atoms with Crippen LogP contribution in [0.1, 0.15) is 19.8 Å². The third kappa shape index (κ3) is 2.58. The molecule has 1 aliphatic heterocycles. The summed E-state index contributed by atoms with van der Waals surface area (Å²) in [5, 5.41) is 4.37. The van der Waals surface area contributed by atoms with Crippen LogP contribution in [0.5, 0.6) is 0 Å². The SMILES string of the molecule is CCN1CCN(C(=S)NC2CC2)CC1. The highest BCUT2D eigenvalue weighted by Gasteiger charge is 2.25. The second kappa shape index (κ2) is 4.45. The van der Waals surface area contributed by atoms with E-state index >= 15 is 0 Å². The molecular weight excluding hydrogens is 194 g/mol. The Kier molecular flexibility index (Phi) is 3.23. The molecule has 1 saturated carbocycles. The molecule has 14 heavy (non-hydrogen) atoms. The highest BCUT2D eigenvalue weighted by atomic mass is 32.1. The molecule has 0 aromatic rings. The van der Waals surface area contributed by atoms with Crippen LogP contribution in [0, 0.1) is 0 Å². The minimum absolute atomic E-state index is 0.687. The number of nitrogens with one attached hydrogen (secondary N) is 1. The molecule has 0 amide bonds. The zero-order chi connectivity index (χ0) is 9.97. The monoisotopic (exact) mass is 213 g/mol. The maximum Gasteiger partial charge on any atom is 0.169 e. The Morgan fingerprint density at radius 3 is 2.43 bits per heavy atom. The normalized spacial score (nSPS) is 23.6. The highest BCUT2D eigenvalue weighted by Crippen LogP contribution is 2.19. The van der Waals surface area contributed by atoms with Crippen LogP contribution in [-0.2, 0) is 0 Å². The van der Waals surface area contributed by atoms with E-state index in [4.69, 9.17) is 12.2 Å². The lowest BCUT2D eigenvalue weighted by Crippen LogP contribution is -2.51. The first-order chi connectivity index (χ1) is 6.79. The van der Waals surface area contributed by atoms with Gasteiger partial charge in [0, 0.05) is 32.2 Å². The smallest absolute Gasteiger partial charge is 0.169 e. The molecule has 4 heteroatoms. The summed E-state index contributed by atoms with van der Waals surface area (Å²) in [4.78, 5) is 4.77. The molecule has 0 aromatic heterocycles. The van der Waals surface area contributed by atoms with Crippen molar-refractivity contribution in [2.24, 2.45) is 0 Å². The largest absolute Gasteiger partial charge is 0.360 e. The lowest BCUT2D eigenvalue weighted by atomic mass is 10.3. The number of hydrogen-bond acceptors (Lipinski definition) is 2. The van der Waals surface area contributed by atoms with Crippen LogP contribution < -0.4 is 5.32 Å². The molecule has 80 valence electrons. The van der Waals surface area contributed by atoms with Gasteiger partial charge in [0.05, 0.1) is 0 Å². The van der Waals surface area contributed by atoms with Crippen LogP contribution in [0.3, 0.4) is 0 Å². The van der Waals surface area contributed by atoms with Crippen molar-refractivity contribution >= 4 is 17.3 Å². The fraction of sp³-hybridized carbons (Fsp3) is 0.900. The summed E-state index contributed by atoms with van der Waals surface area (Å²) in [5.41, 5.74) is 0. The van der Waals surface area contributed by atoms with Gasteiger partial charge < -0.3 is 15.1 Å².